The van der Waals surface area contributed by atoms with Crippen LogP contribution in [0.25, 0.3) is 0 Å². The third-order valence-corrected chi connectivity index (χ3v) is 3.51. The fourth-order valence-electron chi connectivity index (χ4n) is 2.47. The first-order valence-corrected chi connectivity index (χ1v) is 7.31. The van der Waals surface area contributed by atoms with Crippen LogP contribution in [0.3, 0.4) is 0 Å². The highest BCUT2D eigenvalue weighted by atomic mass is 19.1. The molecule has 3 N–H and O–H groups in total. The minimum Gasteiger partial charge on any atom is -0.384 e. The standard InChI is InChI=1S/C16H26FN3/c1-5-13(6-2)20(10-11(3)4)15-8-7-12(16(18)19)9-14(15)17/h7-9,11,13H,5-6,10H2,1-4H3,(H3,18,19). The second-order valence-corrected chi connectivity index (χ2v) is 5.60. The summed E-state index contributed by atoms with van der Waals surface area (Å²) in [5, 5.41) is 7.38. The Balaban J connectivity index is 3.16. The third-order valence-electron chi connectivity index (χ3n) is 3.51. The van der Waals surface area contributed by atoms with Gasteiger partial charge < -0.3 is 10.6 Å². The summed E-state index contributed by atoms with van der Waals surface area (Å²) in [5.41, 5.74) is 6.44. The molecule has 0 aromatic heterocycles. The molecule has 0 unspecified atom stereocenters. The first-order chi connectivity index (χ1) is 9.40. The van der Waals surface area contributed by atoms with Crippen LogP contribution in [0.2, 0.25) is 0 Å². The third kappa shape index (κ3) is 3.95. The second-order valence-electron chi connectivity index (χ2n) is 5.60. The van der Waals surface area contributed by atoms with Crippen molar-refractivity contribution in [3.05, 3.63) is 29.6 Å². The molecule has 1 rings (SSSR count). The van der Waals surface area contributed by atoms with E-state index in [2.05, 4.69) is 32.6 Å². The highest BCUT2D eigenvalue weighted by Gasteiger charge is 2.20. The van der Waals surface area contributed by atoms with E-state index in [1.807, 2.05) is 0 Å². The molecule has 0 aliphatic heterocycles. The van der Waals surface area contributed by atoms with E-state index >= 15 is 0 Å². The molecule has 112 valence electrons. The topological polar surface area (TPSA) is 53.1 Å². The number of amidine groups is 1. The zero-order valence-electron chi connectivity index (χ0n) is 12.9. The Kier molecular flexibility index (Phi) is 5.99. The Morgan fingerprint density at radius 1 is 1.30 bits per heavy atom. The van der Waals surface area contributed by atoms with Crippen LogP contribution in [-0.2, 0) is 0 Å². The minimum absolute atomic E-state index is 0.103. The number of nitrogen functional groups attached to an aromatic ring is 1. The highest BCUT2D eigenvalue weighted by Crippen LogP contribution is 2.26. The number of nitrogens with one attached hydrogen (secondary N) is 1. The Labute approximate surface area is 121 Å². The Bertz CT molecular complexity index is 453. The van der Waals surface area contributed by atoms with Crippen LogP contribution in [-0.4, -0.2) is 18.4 Å². The molecule has 0 atom stereocenters. The van der Waals surface area contributed by atoms with Crippen molar-refractivity contribution in [2.45, 2.75) is 46.6 Å². The summed E-state index contributed by atoms with van der Waals surface area (Å²) in [6.45, 7) is 9.35. The van der Waals surface area contributed by atoms with Crippen LogP contribution in [0.1, 0.15) is 46.1 Å². The number of anilines is 1. The molecule has 0 spiro atoms. The summed E-state index contributed by atoms with van der Waals surface area (Å²) in [6.07, 6.45) is 1.97. The van der Waals surface area contributed by atoms with E-state index < -0.39 is 0 Å². The predicted molar refractivity (Wildman–Crippen MR) is 84.0 cm³/mol. The van der Waals surface area contributed by atoms with Crippen molar-refractivity contribution in [2.24, 2.45) is 11.7 Å². The average Bonchev–Trinajstić information content (AvgIpc) is 2.38. The van der Waals surface area contributed by atoms with Crippen molar-refractivity contribution in [3.63, 3.8) is 0 Å². The number of hydrogen-bond acceptors (Lipinski definition) is 2. The molecule has 3 nitrogen and oxygen atoms in total. The minimum atomic E-state index is -0.301. The molecule has 0 heterocycles. The quantitative estimate of drug-likeness (QED) is 0.590. The molecule has 0 radical (unpaired) electrons. The van der Waals surface area contributed by atoms with Crippen molar-refractivity contribution in [1.29, 1.82) is 5.41 Å². The molecule has 4 heteroatoms. The maximum absolute atomic E-state index is 14.4. The fraction of sp³-hybridized carbons (Fsp3) is 0.562. The van der Waals surface area contributed by atoms with Gasteiger partial charge in [0.2, 0.25) is 0 Å². The van der Waals surface area contributed by atoms with Gasteiger partial charge in [0, 0.05) is 18.2 Å². The number of nitrogens with zero attached hydrogens (tertiary/aromatic N) is 1. The van der Waals surface area contributed by atoms with Gasteiger partial charge in [0.25, 0.3) is 0 Å². The largest absolute Gasteiger partial charge is 0.384 e. The lowest BCUT2D eigenvalue weighted by Gasteiger charge is -2.34. The van der Waals surface area contributed by atoms with Gasteiger partial charge in [-0.3, -0.25) is 5.41 Å². The summed E-state index contributed by atoms with van der Waals surface area (Å²) in [7, 11) is 0. The smallest absolute Gasteiger partial charge is 0.147 e. The monoisotopic (exact) mass is 279 g/mol. The molecule has 0 fully saturated rings. The van der Waals surface area contributed by atoms with E-state index in [0.717, 1.165) is 19.4 Å². The van der Waals surface area contributed by atoms with E-state index in [0.29, 0.717) is 23.2 Å². The zero-order chi connectivity index (χ0) is 15.3. The number of nitrogens with two attached hydrogens (primary N) is 1. The number of benzene rings is 1. The lowest BCUT2D eigenvalue weighted by atomic mass is 10.0. The van der Waals surface area contributed by atoms with E-state index in [1.54, 1.807) is 12.1 Å². The molecule has 0 saturated heterocycles. The van der Waals surface area contributed by atoms with Crippen LogP contribution in [0.15, 0.2) is 18.2 Å². The molecule has 0 bridgehead atoms. The maximum Gasteiger partial charge on any atom is 0.147 e. The summed E-state index contributed by atoms with van der Waals surface area (Å²) in [6, 6.07) is 5.14. The van der Waals surface area contributed by atoms with Gasteiger partial charge in [-0.2, -0.15) is 0 Å². The molecule has 0 aliphatic carbocycles. The first kappa shape index (κ1) is 16.5. The normalized spacial score (nSPS) is 11.2. The SMILES string of the molecule is CCC(CC)N(CC(C)C)c1ccc(C(=N)N)cc1F. The lowest BCUT2D eigenvalue weighted by Crippen LogP contribution is -2.38. The van der Waals surface area contributed by atoms with E-state index in [-0.39, 0.29) is 11.7 Å². The zero-order valence-corrected chi connectivity index (χ0v) is 12.9. The van der Waals surface area contributed by atoms with Gasteiger partial charge in [-0.1, -0.05) is 27.7 Å². The van der Waals surface area contributed by atoms with E-state index in [1.165, 1.54) is 6.07 Å². The van der Waals surface area contributed by atoms with Crippen LogP contribution in [0, 0.1) is 17.1 Å². The van der Waals surface area contributed by atoms with Crippen molar-refractivity contribution < 1.29 is 4.39 Å². The molecular formula is C16H26FN3. The number of rotatable bonds is 7. The molecule has 1 aromatic rings. The molecule has 0 amide bonds. The highest BCUT2D eigenvalue weighted by molar-refractivity contribution is 5.95. The van der Waals surface area contributed by atoms with Gasteiger partial charge in [0.1, 0.15) is 11.7 Å². The van der Waals surface area contributed by atoms with Gasteiger partial charge in [0.15, 0.2) is 0 Å². The van der Waals surface area contributed by atoms with Gasteiger partial charge >= 0.3 is 0 Å². The van der Waals surface area contributed by atoms with Gasteiger partial charge in [-0.15, -0.1) is 0 Å². The Hall–Kier alpha value is -1.58. The Morgan fingerprint density at radius 2 is 1.90 bits per heavy atom. The molecule has 0 aliphatic rings. The maximum atomic E-state index is 14.4. The van der Waals surface area contributed by atoms with Crippen LogP contribution in [0.4, 0.5) is 10.1 Å². The van der Waals surface area contributed by atoms with Crippen molar-refractivity contribution in [3.8, 4) is 0 Å². The summed E-state index contributed by atoms with van der Waals surface area (Å²) in [5.74, 6) is 0.0566. The first-order valence-electron chi connectivity index (χ1n) is 7.31. The van der Waals surface area contributed by atoms with Gasteiger partial charge in [0.05, 0.1) is 5.69 Å². The number of halogens is 1. The van der Waals surface area contributed by atoms with E-state index in [9.17, 15) is 4.39 Å². The Morgan fingerprint density at radius 3 is 2.30 bits per heavy atom. The lowest BCUT2D eigenvalue weighted by molar-refractivity contribution is 0.496. The molecular weight excluding hydrogens is 253 g/mol. The van der Waals surface area contributed by atoms with Crippen molar-refractivity contribution in [1.82, 2.24) is 0 Å². The van der Waals surface area contributed by atoms with Crippen molar-refractivity contribution >= 4 is 11.5 Å². The second kappa shape index (κ2) is 7.27. The average molecular weight is 279 g/mol. The summed E-state index contributed by atoms with van der Waals surface area (Å²) in [4.78, 5) is 2.14. The van der Waals surface area contributed by atoms with E-state index in [4.69, 9.17) is 11.1 Å². The summed E-state index contributed by atoms with van der Waals surface area (Å²) >= 11 is 0. The molecule has 1 aromatic carbocycles. The van der Waals surface area contributed by atoms with Crippen LogP contribution in [0.5, 0.6) is 0 Å². The van der Waals surface area contributed by atoms with Crippen LogP contribution >= 0.6 is 0 Å². The van der Waals surface area contributed by atoms with Gasteiger partial charge in [-0.05, 0) is 37.0 Å². The van der Waals surface area contributed by atoms with Crippen LogP contribution < -0.4 is 10.6 Å². The van der Waals surface area contributed by atoms with Gasteiger partial charge in [-0.25, -0.2) is 4.39 Å². The fourth-order valence-corrected chi connectivity index (χ4v) is 2.47. The predicted octanol–water partition coefficient (Wildman–Crippen LogP) is 3.76. The van der Waals surface area contributed by atoms with Crippen molar-refractivity contribution in [2.75, 3.05) is 11.4 Å². The number of hydrogen-bond donors (Lipinski definition) is 2. The molecule has 20 heavy (non-hydrogen) atoms. The summed E-state index contributed by atoms with van der Waals surface area (Å²) < 4.78 is 14.4. The molecule has 0 saturated carbocycles.